The Labute approximate surface area is 102 Å². The van der Waals surface area contributed by atoms with Crippen LogP contribution in [0.15, 0.2) is 29.9 Å². The Kier molecular flexibility index (Phi) is 3.79. The molecule has 0 aliphatic heterocycles. The van der Waals surface area contributed by atoms with Gasteiger partial charge in [-0.2, -0.15) is 0 Å². The first kappa shape index (κ1) is 11.7. The maximum atomic E-state index is 11.6. The average molecular weight is 249 g/mol. The van der Waals surface area contributed by atoms with Crippen molar-refractivity contribution < 1.29 is 9.90 Å². The molecule has 88 valence electrons. The number of aromatic nitrogens is 2. The van der Waals surface area contributed by atoms with Crippen molar-refractivity contribution in [3.05, 3.63) is 35.6 Å². The zero-order valence-electron chi connectivity index (χ0n) is 8.96. The number of aliphatic hydroxyl groups excluding tert-OH is 1. The zero-order chi connectivity index (χ0) is 12.1. The summed E-state index contributed by atoms with van der Waals surface area (Å²) in [5.41, 5.74) is 1.31. The highest BCUT2D eigenvalue weighted by Crippen LogP contribution is 2.22. The van der Waals surface area contributed by atoms with Crippen molar-refractivity contribution in [1.82, 2.24) is 15.3 Å². The minimum Gasteiger partial charge on any atom is -0.395 e. The second-order valence-electron chi connectivity index (χ2n) is 3.25. The van der Waals surface area contributed by atoms with Gasteiger partial charge in [0.15, 0.2) is 0 Å². The summed E-state index contributed by atoms with van der Waals surface area (Å²) in [6.07, 6.45) is 3.37. The third-order valence-corrected chi connectivity index (χ3v) is 2.95. The highest BCUT2D eigenvalue weighted by Gasteiger charge is 2.10. The maximum absolute atomic E-state index is 11.6. The largest absolute Gasteiger partial charge is 0.395 e. The number of hydrogen-bond donors (Lipinski definition) is 2. The molecule has 0 bridgehead atoms. The Morgan fingerprint density at radius 2 is 2.18 bits per heavy atom. The van der Waals surface area contributed by atoms with Crippen LogP contribution in [0.5, 0.6) is 0 Å². The number of pyridine rings is 1. The monoisotopic (exact) mass is 249 g/mol. The van der Waals surface area contributed by atoms with E-state index in [1.54, 1.807) is 17.8 Å². The van der Waals surface area contributed by atoms with E-state index >= 15 is 0 Å². The van der Waals surface area contributed by atoms with Crippen LogP contribution in [0.25, 0.3) is 10.6 Å². The van der Waals surface area contributed by atoms with Gasteiger partial charge in [0, 0.05) is 29.9 Å². The minimum atomic E-state index is -0.268. The molecule has 1 amide bonds. The van der Waals surface area contributed by atoms with Crippen LogP contribution in [-0.2, 0) is 0 Å². The van der Waals surface area contributed by atoms with Crippen LogP contribution in [0.4, 0.5) is 0 Å². The summed E-state index contributed by atoms with van der Waals surface area (Å²) in [6, 6.07) is 3.68. The first-order valence-corrected chi connectivity index (χ1v) is 5.94. The van der Waals surface area contributed by atoms with Gasteiger partial charge < -0.3 is 10.4 Å². The van der Waals surface area contributed by atoms with Gasteiger partial charge in [-0.25, -0.2) is 4.98 Å². The molecule has 0 radical (unpaired) electrons. The molecule has 5 nitrogen and oxygen atoms in total. The first-order valence-electron chi connectivity index (χ1n) is 5.06. The van der Waals surface area contributed by atoms with Crippen LogP contribution in [0.3, 0.4) is 0 Å². The van der Waals surface area contributed by atoms with Crippen LogP contribution in [0.1, 0.15) is 10.5 Å². The molecule has 0 saturated heterocycles. The van der Waals surface area contributed by atoms with Crippen molar-refractivity contribution in [3.63, 3.8) is 0 Å². The molecule has 2 N–H and O–H groups in total. The summed E-state index contributed by atoms with van der Waals surface area (Å²) in [5, 5.41) is 13.6. The van der Waals surface area contributed by atoms with Crippen LogP contribution in [0, 0.1) is 0 Å². The third-order valence-electron chi connectivity index (χ3n) is 2.06. The number of aliphatic hydroxyl groups is 1. The molecule has 2 aromatic heterocycles. The second kappa shape index (κ2) is 5.51. The van der Waals surface area contributed by atoms with E-state index in [9.17, 15) is 4.79 Å². The Bertz CT molecular complexity index is 498. The molecule has 17 heavy (non-hydrogen) atoms. The Morgan fingerprint density at radius 1 is 1.41 bits per heavy atom. The summed E-state index contributed by atoms with van der Waals surface area (Å²) in [7, 11) is 0. The van der Waals surface area contributed by atoms with Gasteiger partial charge in [-0.15, -0.1) is 11.3 Å². The summed E-state index contributed by atoms with van der Waals surface area (Å²) in [5.74, 6) is -0.268. The lowest BCUT2D eigenvalue weighted by Crippen LogP contribution is -2.26. The Balaban J connectivity index is 2.14. The molecule has 0 aliphatic carbocycles. The Morgan fingerprint density at radius 3 is 2.88 bits per heavy atom. The number of carbonyl (C=O) groups excluding carboxylic acids is 1. The van der Waals surface area contributed by atoms with Gasteiger partial charge >= 0.3 is 0 Å². The summed E-state index contributed by atoms with van der Waals surface area (Å²) in [6.45, 7) is 0.161. The Hall–Kier alpha value is -1.79. The summed E-state index contributed by atoms with van der Waals surface area (Å²) >= 11 is 1.40. The first-order chi connectivity index (χ1) is 8.31. The lowest BCUT2D eigenvalue weighted by atomic mass is 10.3. The molecule has 2 aromatic rings. The quantitative estimate of drug-likeness (QED) is 0.845. The van der Waals surface area contributed by atoms with E-state index < -0.39 is 0 Å². The molecule has 0 unspecified atom stereocenters. The summed E-state index contributed by atoms with van der Waals surface area (Å²) in [4.78, 5) is 19.7. The number of nitrogens with zero attached hydrogens (tertiary/aromatic N) is 2. The van der Waals surface area contributed by atoms with Crippen molar-refractivity contribution in [1.29, 1.82) is 0 Å². The highest BCUT2D eigenvalue weighted by atomic mass is 32.1. The smallest absolute Gasteiger partial charge is 0.270 e. The van der Waals surface area contributed by atoms with E-state index in [4.69, 9.17) is 5.11 Å². The van der Waals surface area contributed by atoms with Crippen molar-refractivity contribution in [2.45, 2.75) is 0 Å². The summed E-state index contributed by atoms with van der Waals surface area (Å²) < 4.78 is 0. The van der Waals surface area contributed by atoms with Crippen LogP contribution >= 0.6 is 11.3 Å². The number of carbonyl (C=O) groups is 1. The molecule has 0 spiro atoms. The molecule has 0 atom stereocenters. The molecule has 0 fully saturated rings. The van der Waals surface area contributed by atoms with Crippen molar-refractivity contribution in [3.8, 4) is 10.6 Å². The predicted octanol–water partition coefficient (Wildman–Crippen LogP) is 0.927. The van der Waals surface area contributed by atoms with Gasteiger partial charge in [-0.3, -0.25) is 9.78 Å². The molecule has 0 saturated carbocycles. The highest BCUT2D eigenvalue weighted by molar-refractivity contribution is 7.13. The minimum absolute atomic E-state index is 0.0763. The van der Waals surface area contributed by atoms with Crippen molar-refractivity contribution in [2.24, 2.45) is 0 Å². The fourth-order valence-electron chi connectivity index (χ4n) is 1.27. The molecule has 2 rings (SSSR count). The van der Waals surface area contributed by atoms with Gasteiger partial charge in [-0.05, 0) is 12.1 Å². The van der Waals surface area contributed by atoms with Gasteiger partial charge in [0.05, 0.1) is 6.61 Å². The van der Waals surface area contributed by atoms with Crippen LogP contribution < -0.4 is 5.32 Å². The lowest BCUT2D eigenvalue weighted by Gasteiger charge is -1.98. The normalized spacial score (nSPS) is 10.2. The van der Waals surface area contributed by atoms with Gasteiger partial charge in [0.25, 0.3) is 5.91 Å². The maximum Gasteiger partial charge on any atom is 0.270 e. The topological polar surface area (TPSA) is 75.1 Å². The number of rotatable bonds is 4. The number of amides is 1. The van der Waals surface area contributed by atoms with Gasteiger partial charge in [0.1, 0.15) is 10.7 Å². The second-order valence-corrected chi connectivity index (χ2v) is 4.11. The number of nitrogens with one attached hydrogen (secondary N) is 1. The van der Waals surface area contributed by atoms with E-state index in [1.807, 2.05) is 12.1 Å². The van der Waals surface area contributed by atoms with Gasteiger partial charge in [0.2, 0.25) is 0 Å². The third kappa shape index (κ3) is 2.86. The number of thiazole rings is 1. The standard InChI is InChI=1S/C11H11N3O2S/c15-6-5-13-10(16)9-7-17-11(14-9)8-1-3-12-4-2-8/h1-4,7,15H,5-6H2,(H,13,16). The molecular formula is C11H11N3O2S. The lowest BCUT2D eigenvalue weighted by molar-refractivity contribution is 0.0940. The fraction of sp³-hybridized carbons (Fsp3) is 0.182. The SMILES string of the molecule is O=C(NCCO)c1csc(-c2ccncc2)n1. The molecule has 0 aliphatic rings. The zero-order valence-corrected chi connectivity index (χ0v) is 9.78. The van der Waals surface area contributed by atoms with E-state index in [0.29, 0.717) is 5.69 Å². The molecule has 2 heterocycles. The van der Waals surface area contributed by atoms with Crippen LogP contribution in [0.2, 0.25) is 0 Å². The fourth-order valence-corrected chi connectivity index (χ4v) is 2.07. The van der Waals surface area contributed by atoms with Gasteiger partial charge in [-0.1, -0.05) is 0 Å². The van der Waals surface area contributed by atoms with E-state index in [-0.39, 0.29) is 19.1 Å². The number of hydrogen-bond acceptors (Lipinski definition) is 5. The van der Waals surface area contributed by atoms with E-state index in [0.717, 1.165) is 10.6 Å². The van der Waals surface area contributed by atoms with E-state index in [2.05, 4.69) is 15.3 Å². The molecule has 0 aromatic carbocycles. The van der Waals surface area contributed by atoms with Crippen molar-refractivity contribution >= 4 is 17.2 Å². The predicted molar refractivity (Wildman–Crippen MR) is 64.8 cm³/mol. The molecular weight excluding hydrogens is 238 g/mol. The average Bonchev–Trinajstić information content (AvgIpc) is 2.86. The van der Waals surface area contributed by atoms with E-state index in [1.165, 1.54) is 11.3 Å². The van der Waals surface area contributed by atoms with Crippen LogP contribution in [-0.4, -0.2) is 34.1 Å². The van der Waals surface area contributed by atoms with Crippen molar-refractivity contribution in [2.75, 3.05) is 13.2 Å². The molecule has 6 heteroatoms.